The van der Waals surface area contributed by atoms with Crippen molar-refractivity contribution in [2.75, 3.05) is 0 Å². The second kappa shape index (κ2) is 6.05. The van der Waals surface area contributed by atoms with Gasteiger partial charge in [0.2, 0.25) is 0 Å². The van der Waals surface area contributed by atoms with Crippen LogP contribution in [0.2, 0.25) is 5.02 Å². The Morgan fingerprint density at radius 1 is 1.28 bits per heavy atom. The van der Waals surface area contributed by atoms with Gasteiger partial charge in [-0.3, -0.25) is 9.59 Å². The van der Waals surface area contributed by atoms with Crippen molar-refractivity contribution in [3.05, 3.63) is 56.2 Å². The van der Waals surface area contributed by atoms with Crippen molar-refractivity contribution in [1.29, 1.82) is 0 Å². The zero-order valence-corrected chi connectivity index (χ0v) is 14.4. The molecule has 0 aliphatic heterocycles. The van der Waals surface area contributed by atoms with Crippen LogP contribution in [0, 0.1) is 13.8 Å². The van der Waals surface area contributed by atoms with E-state index >= 15 is 0 Å². The number of hydrogen-bond acceptors (Lipinski definition) is 2. The molecule has 0 amide bonds. The monoisotopic (exact) mass is 372 g/mol. The fourth-order valence-electron chi connectivity index (χ4n) is 3.07. The maximum atomic E-state index is 12.9. The summed E-state index contributed by atoms with van der Waals surface area (Å²) in [6.45, 7) is 3.20. The highest BCUT2D eigenvalue weighted by atomic mass is 35.5. The molecule has 2 heterocycles. The smallest absolute Gasteiger partial charge is 0.345 e. The predicted molar refractivity (Wildman–Crippen MR) is 87.2 cm³/mol. The van der Waals surface area contributed by atoms with E-state index in [-0.39, 0.29) is 0 Å². The molecule has 1 aliphatic carbocycles. The highest BCUT2D eigenvalue weighted by molar-refractivity contribution is 6.30. The molecule has 0 N–H and O–H groups in total. The molecule has 1 fully saturated rings. The summed E-state index contributed by atoms with van der Waals surface area (Å²) in [5.74, 6) is -0.419. The third kappa shape index (κ3) is 3.38. The van der Waals surface area contributed by atoms with Crippen molar-refractivity contribution < 1.29 is 18.0 Å². The van der Waals surface area contributed by atoms with Crippen molar-refractivity contribution in [1.82, 2.24) is 9.13 Å². The number of rotatable bonds is 4. The summed E-state index contributed by atoms with van der Waals surface area (Å²) in [6.07, 6.45) is -1.92. The second-order valence-corrected chi connectivity index (χ2v) is 6.72. The molecule has 2 aromatic rings. The van der Waals surface area contributed by atoms with E-state index in [9.17, 15) is 22.8 Å². The third-order valence-corrected chi connectivity index (χ3v) is 4.65. The van der Waals surface area contributed by atoms with Crippen LogP contribution >= 0.6 is 11.6 Å². The average molecular weight is 373 g/mol. The largest absolute Gasteiger partial charge is 0.417 e. The van der Waals surface area contributed by atoms with Crippen molar-refractivity contribution in [3.8, 4) is 0 Å². The van der Waals surface area contributed by atoms with Crippen molar-refractivity contribution in [3.63, 3.8) is 0 Å². The van der Waals surface area contributed by atoms with Gasteiger partial charge in [-0.05, 0) is 38.8 Å². The summed E-state index contributed by atoms with van der Waals surface area (Å²) in [6, 6.07) is 2.67. The number of carbonyl (C=O) groups excluding carboxylic acids is 1. The number of Topliss-reactive ketones (excluding diaryl/α,β-unsaturated/α-hetero) is 1. The molecule has 0 atom stereocenters. The molecule has 8 heteroatoms. The van der Waals surface area contributed by atoms with Crippen LogP contribution in [0.15, 0.2) is 23.1 Å². The van der Waals surface area contributed by atoms with E-state index in [0.29, 0.717) is 23.9 Å². The van der Waals surface area contributed by atoms with Crippen LogP contribution in [0.1, 0.15) is 46.2 Å². The Bertz CT molecular complexity index is 908. The summed E-state index contributed by atoms with van der Waals surface area (Å²) in [5, 5.41) is -0.564. The Kier molecular flexibility index (Phi) is 4.31. The first kappa shape index (κ1) is 17.8. The molecule has 3 rings (SSSR count). The van der Waals surface area contributed by atoms with Crippen LogP contribution in [-0.4, -0.2) is 14.9 Å². The van der Waals surface area contributed by atoms with Gasteiger partial charge in [0.25, 0.3) is 5.56 Å². The fraction of sp³-hybridized carbons (Fsp3) is 0.412. The van der Waals surface area contributed by atoms with E-state index in [2.05, 4.69) is 4.57 Å². The summed E-state index contributed by atoms with van der Waals surface area (Å²) in [5.41, 5.74) is 0.242. The van der Waals surface area contributed by atoms with Gasteiger partial charge in [0, 0.05) is 29.2 Å². The van der Waals surface area contributed by atoms with Gasteiger partial charge in [-0.1, -0.05) is 11.6 Å². The molecule has 0 unspecified atom stereocenters. The van der Waals surface area contributed by atoms with Gasteiger partial charge in [-0.2, -0.15) is 13.2 Å². The number of carbonyl (C=O) groups is 1. The van der Waals surface area contributed by atoms with Crippen molar-refractivity contribution >= 4 is 17.4 Å². The fourth-order valence-corrected chi connectivity index (χ4v) is 3.29. The molecule has 134 valence electrons. The summed E-state index contributed by atoms with van der Waals surface area (Å²) in [7, 11) is 0. The molecule has 1 saturated carbocycles. The van der Waals surface area contributed by atoms with E-state index in [0.717, 1.165) is 28.8 Å². The van der Waals surface area contributed by atoms with Gasteiger partial charge in [0.1, 0.15) is 5.02 Å². The predicted octanol–water partition coefficient (Wildman–Crippen LogP) is 4.16. The zero-order valence-electron chi connectivity index (χ0n) is 13.7. The van der Waals surface area contributed by atoms with Gasteiger partial charge in [-0.25, -0.2) is 0 Å². The van der Waals surface area contributed by atoms with Crippen LogP contribution in [0.3, 0.4) is 0 Å². The normalized spacial score (nSPS) is 14.8. The standard InChI is InChI=1S/C17H16ClF3N2O2/c1-9-5-13(10(2)23(9)12-3-4-12)15(24)8-22-7-11(17(19,20)21)6-14(18)16(22)25/h5-7,12H,3-4,8H2,1-2H3. The lowest BCUT2D eigenvalue weighted by molar-refractivity contribution is -0.138. The Hall–Kier alpha value is -2.02. The molecule has 2 aromatic heterocycles. The number of aryl methyl sites for hydroxylation is 1. The van der Waals surface area contributed by atoms with Crippen LogP contribution in [-0.2, 0) is 12.7 Å². The summed E-state index contributed by atoms with van der Waals surface area (Å²) < 4.78 is 41.5. The van der Waals surface area contributed by atoms with Gasteiger partial charge < -0.3 is 9.13 Å². The molecule has 0 bridgehead atoms. The van der Waals surface area contributed by atoms with E-state index < -0.39 is 34.6 Å². The van der Waals surface area contributed by atoms with E-state index in [1.54, 1.807) is 13.0 Å². The van der Waals surface area contributed by atoms with Crippen LogP contribution in [0.25, 0.3) is 0 Å². The molecule has 0 saturated heterocycles. The SMILES string of the molecule is Cc1cc(C(=O)Cn2cc(C(F)(F)F)cc(Cl)c2=O)c(C)n1C1CC1. The Morgan fingerprint density at radius 3 is 2.48 bits per heavy atom. The lowest BCUT2D eigenvalue weighted by Crippen LogP contribution is -2.26. The molecular formula is C17H16ClF3N2O2. The van der Waals surface area contributed by atoms with E-state index in [4.69, 9.17) is 11.6 Å². The lowest BCUT2D eigenvalue weighted by Gasteiger charge is -2.12. The summed E-state index contributed by atoms with van der Waals surface area (Å²) in [4.78, 5) is 24.6. The maximum absolute atomic E-state index is 12.9. The molecule has 0 radical (unpaired) electrons. The minimum atomic E-state index is -4.65. The Morgan fingerprint density at radius 2 is 1.92 bits per heavy atom. The summed E-state index contributed by atoms with van der Waals surface area (Å²) >= 11 is 5.62. The van der Waals surface area contributed by atoms with Gasteiger partial charge in [0.05, 0.1) is 12.1 Å². The topological polar surface area (TPSA) is 44.0 Å². The molecular weight excluding hydrogens is 357 g/mol. The first-order valence-corrected chi connectivity index (χ1v) is 8.16. The molecule has 0 aromatic carbocycles. The zero-order chi connectivity index (χ0) is 18.5. The number of ketones is 1. The van der Waals surface area contributed by atoms with E-state index in [1.165, 1.54) is 0 Å². The highest BCUT2D eigenvalue weighted by Crippen LogP contribution is 2.38. The first-order valence-electron chi connectivity index (χ1n) is 7.78. The van der Waals surface area contributed by atoms with Crippen LogP contribution < -0.4 is 5.56 Å². The number of nitrogens with zero attached hydrogens (tertiary/aromatic N) is 2. The van der Waals surface area contributed by atoms with Gasteiger partial charge >= 0.3 is 6.18 Å². The lowest BCUT2D eigenvalue weighted by atomic mass is 10.1. The molecule has 25 heavy (non-hydrogen) atoms. The number of aromatic nitrogens is 2. The van der Waals surface area contributed by atoms with Gasteiger partial charge in [-0.15, -0.1) is 0 Å². The Labute approximate surface area is 146 Å². The Balaban J connectivity index is 1.95. The maximum Gasteiger partial charge on any atom is 0.417 e. The van der Waals surface area contributed by atoms with Gasteiger partial charge in [0.15, 0.2) is 5.78 Å². The number of pyridine rings is 1. The van der Waals surface area contributed by atoms with Crippen molar-refractivity contribution in [2.45, 2.75) is 45.5 Å². The number of alkyl halides is 3. The van der Waals surface area contributed by atoms with Crippen LogP contribution in [0.5, 0.6) is 0 Å². The second-order valence-electron chi connectivity index (χ2n) is 6.32. The minimum Gasteiger partial charge on any atom is -0.345 e. The molecule has 1 aliphatic rings. The third-order valence-electron chi connectivity index (χ3n) is 4.38. The average Bonchev–Trinajstić information content (AvgIpc) is 3.28. The highest BCUT2D eigenvalue weighted by Gasteiger charge is 2.32. The molecule has 0 spiro atoms. The van der Waals surface area contributed by atoms with E-state index in [1.807, 2.05) is 6.92 Å². The molecule has 4 nitrogen and oxygen atoms in total. The minimum absolute atomic E-state index is 0.382. The van der Waals surface area contributed by atoms with Crippen molar-refractivity contribution in [2.24, 2.45) is 0 Å². The first-order chi connectivity index (χ1) is 11.6. The number of halogens is 4. The van der Waals surface area contributed by atoms with Crippen LogP contribution in [0.4, 0.5) is 13.2 Å². The quantitative estimate of drug-likeness (QED) is 0.756. The number of hydrogen-bond donors (Lipinski definition) is 0.